The summed E-state index contributed by atoms with van der Waals surface area (Å²) in [6.45, 7) is 3.93. The molecule has 1 fully saturated rings. The van der Waals surface area contributed by atoms with Crippen molar-refractivity contribution in [3.8, 4) is 0 Å². The topological polar surface area (TPSA) is 75.1 Å². The van der Waals surface area contributed by atoms with Gasteiger partial charge < -0.3 is 10.4 Å². The minimum absolute atomic E-state index is 0.0121. The maximum atomic E-state index is 11.0. The minimum atomic E-state index is -1.02. The molecule has 1 aromatic heterocycles. The molecule has 2 N–H and O–H groups in total. The highest BCUT2D eigenvalue weighted by Gasteiger charge is 2.27. The van der Waals surface area contributed by atoms with E-state index in [2.05, 4.69) is 22.2 Å². The zero-order chi connectivity index (χ0) is 13.2. The fourth-order valence-corrected chi connectivity index (χ4v) is 2.46. The number of nitrogens with one attached hydrogen (secondary N) is 1. The Kier molecular flexibility index (Phi) is 3.50. The molecule has 2 rings (SSSR count). The molecule has 0 amide bonds. The van der Waals surface area contributed by atoms with Gasteiger partial charge in [0.2, 0.25) is 5.95 Å². The molecule has 0 aromatic carbocycles. The zero-order valence-corrected chi connectivity index (χ0v) is 10.9. The lowest BCUT2D eigenvalue weighted by Crippen LogP contribution is -2.37. The van der Waals surface area contributed by atoms with Crippen LogP contribution in [0.2, 0.25) is 0 Å². The highest BCUT2D eigenvalue weighted by molar-refractivity contribution is 5.85. The molecule has 1 aromatic rings. The van der Waals surface area contributed by atoms with Gasteiger partial charge in [0.1, 0.15) is 0 Å². The monoisotopic (exact) mass is 249 g/mol. The number of hydrogen-bond donors (Lipinski definition) is 2. The van der Waals surface area contributed by atoms with Crippen LogP contribution >= 0.6 is 0 Å². The third-order valence-electron chi connectivity index (χ3n) is 3.44. The Hall–Kier alpha value is -1.65. The van der Waals surface area contributed by atoms with E-state index in [0.717, 1.165) is 12.8 Å². The Morgan fingerprint density at radius 2 is 2.00 bits per heavy atom. The summed E-state index contributed by atoms with van der Waals surface area (Å²) in [6.07, 6.45) is 5.81. The number of carbonyl (C=O) groups is 1. The number of aryl methyl sites for hydroxylation is 1. The SMILES string of the molecule is Cc1cc(C(=O)O)nc(NC2(C)CCCCC2)n1. The van der Waals surface area contributed by atoms with Gasteiger partial charge in [-0.15, -0.1) is 0 Å². The molecule has 0 bridgehead atoms. The molecule has 1 saturated carbocycles. The molecular formula is C13H19N3O2. The summed E-state index contributed by atoms with van der Waals surface area (Å²) in [5.41, 5.74) is 0.704. The van der Waals surface area contributed by atoms with Crippen molar-refractivity contribution >= 4 is 11.9 Å². The fraction of sp³-hybridized carbons (Fsp3) is 0.615. The number of rotatable bonds is 3. The predicted octanol–water partition coefficient (Wildman–Crippen LogP) is 2.62. The maximum absolute atomic E-state index is 11.0. The Labute approximate surface area is 107 Å². The number of hydrogen-bond acceptors (Lipinski definition) is 4. The molecule has 0 unspecified atom stereocenters. The van der Waals surface area contributed by atoms with E-state index in [4.69, 9.17) is 5.11 Å². The zero-order valence-electron chi connectivity index (χ0n) is 10.9. The standard InChI is InChI=1S/C13H19N3O2/c1-9-8-10(11(17)18)15-12(14-9)16-13(2)6-4-3-5-7-13/h8H,3-7H2,1-2H3,(H,17,18)(H,14,15,16). The van der Waals surface area contributed by atoms with Crippen LogP contribution in [0.15, 0.2) is 6.07 Å². The van der Waals surface area contributed by atoms with Crippen LogP contribution < -0.4 is 5.32 Å². The molecule has 1 aliphatic carbocycles. The lowest BCUT2D eigenvalue weighted by atomic mass is 9.83. The largest absolute Gasteiger partial charge is 0.477 e. The van der Waals surface area contributed by atoms with Crippen molar-refractivity contribution in [1.29, 1.82) is 0 Å². The normalized spacial score (nSPS) is 18.3. The van der Waals surface area contributed by atoms with Crippen molar-refractivity contribution in [3.63, 3.8) is 0 Å². The van der Waals surface area contributed by atoms with Crippen molar-refractivity contribution in [1.82, 2.24) is 9.97 Å². The molecule has 18 heavy (non-hydrogen) atoms. The molecular weight excluding hydrogens is 230 g/mol. The Bertz CT molecular complexity index is 454. The van der Waals surface area contributed by atoms with E-state index in [1.165, 1.54) is 25.3 Å². The van der Waals surface area contributed by atoms with Crippen LogP contribution in [-0.4, -0.2) is 26.6 Å². The van der Waals surface area contributed by atoms with Gasteiger partial charge in [0.15, 0.2) is 5.69 Å². The van der Waals surface area contributed by atoms with E-state index in [1.807, 2.05) is 0 Å². The molecule has 5 heteroatoms. The average molecular weight is 249 g/mol. The lowest BCUT2D eigenvalue weighted by Gasteiger charge is -2.34. The second-order valence-electron chi connectivity index (χ2n) is 5.27. The molecule has 0 radical (unpaired) electrons. The van der Waals surface area contributed by atoms with Crippen LogP contribution in [0.4, 0.5) is 5.95 Å². The van der Waals surface area contributed by atoms with Gasteiger partial charge in [0.05, 0.1) is 0 Å². The minimum Gasteiger partial charge on any atom is -0.477 e. The van der Waals surface area contributed by atoms with Crippen molar-refractivity contribution in [3.05, 3.63) is 17.5 Å². The molecule has 5 nitrogen and oxygen atoms in total. The average Bonchev–Trinajstić information content (AvgIpc) is 2.28. The van der Waals surface area contributed by atoms with Gasteiger partial charge in [-0.3, -0.25) is 0 Å². The second kappa shape index (κ2) is 4.92. The van der Waals surface area contributed by atoms with Gasteiger partial charge in [-0.1, -0.05) is 19.3 Å². The summed E-state index contributed by atoms with van der Waals surface area (Å²) >= 11 is 0. The molecule has 0 saturated heterocycles. The smallest absolute Gasteiger partial charge is 0.354 e. The molecule has 1 heterocycles. The van der Waals surface area contributed by atoms with E-state index in [0.29, 0.717) is 11.6 Å². The Morgan fingerprint density at radius 3 is 2.61 bits per heavy atom. The van der Waals surface area contributed by atoms with Crippen molar-refractivity contribution in [2.24, 2.45) is 0 Å². The first-order chi connectivity index (χ1) is 8.48. The highest BCUT2D eigenvalue weighted by atomic mass is 16.4. The molecule has 1 aliphatic rings. The molecule has 0 spiro atoms. The lowest BCUT2D eigenvalue weighted by molar-refractivity contribution is 0.0690. The summed E-state index contributed by atoms with van der Waals surface area (Å²) in [6, 6.07) is 1.48. The Balaban J connectivity index is 2.20. The van der Waals surface area contributed by atoms with Crippen molar-refractivity contribution in [2.45, 2.75) is 51.5 Å². The molecule has 0 atom stereocenters. The number of anilines is 1. The van der Waals surface area contributed by atoms with Crippen LogP contribution in [0.25, 0.3) is 0 Å². The van der Waals surface area contributed by atoms with Crippen LogP contribution in [0.5, 0.6) is 0 Å². The molecule has 0 aliphatic heterocycles. The van der Waals surface area contributed by atoms with Crippen LogP contribution in [-0.2, 0) is 0 Å². The quantitative estimate of drug-likeness (QED) is 0.861. The van der Waals surface area contributed by atoms with Gasteiger partial charge in [-0.25, -0.2) is 14.8 Å². The molecule has 98 valence electrons. The Morgan fingerprint density at radius 1 is 1.33 bits per heavy atom. The first-order valence-corrected chi connectivity index (χ1v) is 6.36. The third kappa shape index (κ3) is 2.97. The summed E-state index contributed by atoms with van der Waals surface area (Å²) in [4.78, 5) is 19.3. The number of carboxylic acid groups (broad SMARTS) is 1. The summed E-state index contributed by atoms with van der Waals surface area (Å²) < 4.78 is 0. The van der Waals surface area contributed by atoms with Crippen LogP contribution in [0.3, 0.4) is 0 Å². The number of nitrogens with zero attached hydrogens (tertiary/aromatic N) is 2. The summed E-state index contributed by atoms with van der Waals surface area (Å²) in [5.74, 6) is -0.589. The van der Waals surface area contributed by atoms with Gasteiger partial charge in [0, 0.05) is 11.2 Å². The van der Waals surface area contributed by atoms with Gasteiger partial charge in [-0.05, 0) is 32.8 Å². The summed E-state index contributed by atoms with van der Waals surface area (Å²) in [5, 5.41) is 12.3. The van der Waals surface area contributed by atoms with Gasteiger partial charge in [0.25, 0.3) is 0 Å². The highest BCUT2D eigenvalue weighted by Crippen LogP contribution is 2.30. The number of carboxylic acids is 1. The van der Waals surface area contributed by atoms with Gasteiger partial charge >= 0.3 is 5.97 Å². The van der Waals surface area contributed by atoms with E-state index in [1.54, 1.807) is 6.92 Å². The second-order valence-corrected chi connectivity index (χ2v) is 5.27. The van der Waals surface area contributed by atoms with E-state index < -0.39 is 5.97 Å². The summed E-state index contributed by atoms with van der Waals surface area (Å²) in [7, 11) is 0. The first kappa shape index (κ1) is 12.8. The van der Waals surface area contributed by atoms with Crippen LogP contribution in [0, 0.1) is 6.92 Å². The van der Waals surface area contributed by atoms with E-state index >= 15 is 0 Å². The van der Waals surface area contributed by atoms with Crippen LogP contribution in [0.1, 0.15) is 55.2 Å². The predicted molar refractivity (Wildman–Crippen MR) is 68.8 cm³/mol. The van der Waals surface area contributed by atoms with Crippen molar-refractivity contribution < 1.29 is 9.90 Å². The fourth-order valence-electron chi connectivity index (χ4n) is 2.46. The number of aromatic nitrogens is 2. The van der Waals surface area contributed by atoms with E-state index in [9.17, 15) is 4.79 Å². The van der Waals surface area contributed by atoms with Crippen molar-refractivity contribution in [2.75, 3.05) is 5.32 Å². The number of aromatic carboxylic acids is 1. The van der Waals surface area contributed by atoms with E-state index in [-0.39, 0.29) is 11.2 Å². The first-order valence-electron chi connectivity index (χ1n) is 6.36. The van der Waals surface area contributed by atoms with Gasteiger partial charge in [-0.2, -0.15) is 0 Å². The third-order valence-corrected chi connectivity index (χ3v) is 3.44. The maximum Gasteiger partial charge on any atom is 0.354 e.